The van der Waals surface area contributed by atoms with Gasteiger partial charge in [-0.05, 0) is 25.2 Å². The molecule has 0 aromatic carbocycles. The number of carbonyl (C=O) groups excluding carboxylic acids is 1. The molecule has 2 saturated carbocycles. The van der Waals surface area contributed by atoms with Crippen LogP contribution in [0.4, 0.5) is 0 Å². The number of carboxylic acids is 1. The van der Waals surface area contributed by atoms with Gasteiger partial charge in [-0.15, -0.1) is 0 Å². The third-order valence-corrected chi connectivity index (χ3v) is 6.47. The summed E-state index contributed by atoms with van der Waals surface area (Å²) in [6.45, 7) is 0.693. The first-order valence-corrected chi connectivity index (χ1v) is 9.38. The molecule has 2 unspecified atom stereocenters. The van der Waals surface area contributed by atoms with Crippen molar-refractivity contribution in [2.24, 2.45) is 11.3 Å². The van der Waals surface area contributed by atoms with Crippen LogP contribution in [0.15, 0.2) is 0 Å². The SMILES string of the molecule is O=C(O)CCSSCCNC(=O)C12CCCCC1C2. The monoisotopic (exact) mass is 303 g/mol. The number of rotatable bonds is 8. The molecule has 2 atom stereocenters. The minimum absolute atomic E-state index is 0.000628. The molecule has 2 N–H and O–H groups in total. The highest BCUT2D eigenvalue weighted by Gasteiger charge is 2.59. The number of hydrogen-bond donors (Lipinski definition) is 2. The van der Waals surface area contributed by atoms with Crippen molar-refractivity contribution in [3.63, 3.8) is 0 Å². The van der Waals surface area contributed by atoms with Crippen LogP contribution in [0.25, 0.3) is 0 Å². The van der Waals surface area contributed by atoms with Gasteiger partial charge in [0, 0.05) is 18.1 Å². The summed E-state index contributed by atoms with van der Waals surface area (Å²) in [5.41, 5.74) is -0.000628. The van der Waals surface area contributed by atoms with E-state index in [4.69, 9.17) is 5.11 Å². The van der Waals surface area contributed by atoms with Crippen molar-refractivity contribution in [1.29, 1.82) is 0 Å². The minimum Gasteiger partial charge on any atom is -0.481 e. The van der Waals surface area contributed by atoms with Crippen LogP contribution in [-0.2, 0) is 9.59 Å². The molecule has 0 aromatic rings. The van der Waals surface area contributed by atoms with Crippen LogP contribution in [0.1, 0.15) is 38.5 Å². The van der Waals surface area contributed by atoms with E-state index in [9.17, 15) is 9.59 Å². The van der Waals surface area contributed by atoms with E-state index in [-0.39, 0.29) is 17.7 Å². The summed E-state index contributed by atoms with van der Waals surface area (Å²) in [5, 5.41) is 11.5. The highest BCUT2D eigenvalue weighted by atomic mass is 33.1. The molecule has 19 heavy (non-hydrogen) atoms. The molecule has 0 spiro atoms. The molecule has 0 radical (unpaired) electrons. The number of nitrogens with one attached hydrogen (secondary N) is 1. The zero-order valence-electron chi connectivity index (χ0n) is 11.0. The van der Waals surface area contributed by atoms with Crippen molar-refractivity contribution < 1.29 is 14.7 Å². The Balaban J connectivity index is 1.52. The fourth-order valence-corrected chi connectivity index (χ4v) is 4.80. The van der Waals surface area contributed by atoms with Gasteiger partial charge in [0.1, 0.15) is 0 Å². The summed E-state index contributed by atoms with van der Waals surface area (Å²) in [7, 11) is 3.20. The topological polar surface area (TPSA) is 66.4 Å². The van der Waals surface area contributed by atoms with Gasteiger partial charge in [-0.2, -0.15) is 0 Å². The maximum atomic E-state index is 12.1. The van der Waals surface area contributed by atoms with E-state index in [0.717, 1.165) is 18.6 Å². The Bertz CT molecular complexity index is 351. The van der Waals surface area contributed by atoms with Gasteiger partial charge in [0.05, 0.1) is 11.8 Å². The van der Waals surface area contributed by atoms with Crippen molar-refractivity contribution >= 4 is 33.5 Å². The highest BCUT2D eigenvalue weighted by Crippen LogP contribution is 2.61. The normalized spacial score (nSPS) is 28.5. The Morgan fingerprint density at radius 3 is 2.79 bits per heavy atom. The molecule has 2 fully saturated rings. The molecular formula is C13H21NO3S2. The third-order valence-electron chi connectivity index (χ3n) is 4.06. The average molecular weight is 303 g/mol. The van der Waals surface area contributed by atoms with E-state index in [0.29, 0.717) is 18.2 Å². The zero-order valence-corrected chi connectivity index (χ0v) is 12.7. The molecule has 0 heterocycles. The summed E-state index contributed by atoms with van der Waals surface area (Å²) in [5.74, 6) is 1.63. The summed E-state index contributed by atoms with van der Waals surface area (Å²) >= 11 is 0. The van der Waals surface area contributed by atoms with Gasteiger partial charge < -0.3 is 10.4 Å². The van der Waals surface area contributed by atoms with Crippen molar-refractivity contribution in [2.45, 2.75) is 38.5 Å². The quantitative estimate of drug-likeness (QED) is 0.533. The molecule has 108 valence electrons. The number of carbonyl (C=O) groups is 2. The molecule has 4 nitrogen and oxygen atoms in total. The van der Waals surface area contributed by atoms with Gasteiger partial charge in [0.2, 0.25) is 5.91 Å². The fourth-order valence-electron chi connectivity index (χ4n) is 2.92. The first-order chi connectivity index (χ1) is 9.15. The predicted octanol–water partition coefficient (Wildman–Crippen LogP) is 2.54. The predicted molar refractivity (Wildman–Crippen MR) is 79.2 cm³/mol. The van der Waals surface area contributed by atoms with Gasteiger partial charge in [0.25, 0.3) is 0 Å². The van der Waals surface area contributed by atoms with Crippen molar-refractivity contribution in [3.8, 4) is 0 Å². The van der Waals surface area contributed by atoms with Crippen LogP contribution in [0, 0.1) is 11.3 Å². The summed E-state index contributed by atoms with van der Waals surface area (Å²) in [6, 6.07) is 0. The molecular weight excluding hydrogens is 282 g/mol. The molecule has 0 saturated heterocycles. The van der Waals surface area contributed by atoms with Crippen LogP contribution >= 0.6 is 21.6 Å². The lowest BCUT2D eigenvalue weighted by Gasteiger charge is -2.20. The number of aliphatic carboxylic acids is 1. The number of fused-ring (bicyclic) bond motifs is 1. The number of hydrogen-bond acceptors (Lipinski definition) is 4. The third kappa shape index (κ3) is 4.05. The van der Waals surface area contributed by atoms with Gasteiger partial charge in [-0.25, -0.2) is 0 Å². The minimum atomic E-state index is -0.752. The fraction of sp³-hybridized carbons (Fsp3) is 0.846. The van der Waals surface area contributed by atoms with Gasteiger partial charge in [0.15, 0.2) is 0 Å². The van der Waals surface area contributed by atoms with E-state index in [1.54, 1.807) is 21.6 Å². The zero-order chi connectivity index (χ0) is 13.7. The Hall–Kier alpha value is -0.360. The van der Waals surface area contributed by atoms with E-state index in [1.165, 1.54) is 19.3 Å². The lowest BCUT2D eigenvalue weighted by molar-refractivity contribution is -0.136. The second-order valence-corrected chi connectivity index (χ2v) is 8.05. The molecule has 6 heteroatoms. The maximum Gasteiger partial charge on any atom is 0.304 e. The summed E-state index contributed by atoms with van der Waals surface area (Å²) in [4.78, 5) is 22.4. The van der Waals surface area contributed by atoms with Gasteiger partial charge >= 0.3 is 5.97 Å². The van der Waals surface area contributed by atoms with E-state index >= 15 is 0 Å². The first-order valence-electron chi connectivity index (χ1n) is 6.90. The van der Waals surface area contributed by atoms with Crippen LogP contribution in [0.2, 0.25) is 0 Å². The number of carboxylic acid groups (broad SMARTS) is 1. The van der Waals surface area contributed by atoms with Crippen LogP contribution < -0.4 is 5.32 Å². The lowest BCUT2D eigenvalue weighted by Crippen LogP contribution is -2.35. The van der Waals surface area contributed by atoms with Crippen molar-refractivity contribution in [1.82, 2.24) is 5.32 Å². The molecule has 0 aromatic heterocycles. The Morgan fingerprint density at radius 2 is 2.05 bits per heavy atom. The van der Waals surface area contributed by atoms with Gasteiger partial charge in [-0.1, -0.05) is 34.4 Å². The Morgan fingerprint density at radius 1 is 1.26 bits per heavy atom. The smallest absolute Gasteiger partial charge is 0.304 e. The highest BCUT2D eigenvalue weighted by molar-refractivity contribution is 8.76. The molecule has 2 rings (SSSR count). The van der Waals surface area contributed by atoms with E-state index in [1.807, 2.05) is 0 Å². The number of amides is 1. The molecule has 1 amide bonds. The largest absolute Gasteiger partial charge is 0.481 e. The summed E-state index contributed by atoms with van der Waals surface area (Å²) < 4.78 is 0. The average Bonchev–Trinajstić information content (AvgIpc) is 3.12. The summed E-state index contributed by atoms with van der Waals surface area (Å²) in [6.07, 6.45) is 6.09. The standard InChI is InChI=1S/C13H21NO3S2/c15-11(16)4-7-18-19-8-6-14-12(17)13-5-2-1-3-10(13)9-13/h10H,1-9H2,(H,14,17)(H,15,16). The lowest BCUT2D eigenvalue weighted by atomic mass is 9.88. The molecule has 2 aliphatic rings. The van der Waals surface area contributed by atoms with Crippen LogP contribution in [0.5, 0.6) is 0 Å². The Kier molecular flexibility index (Phi) is 5.45. The van der Waals surface area contributed by atoms with Crippen molar-refractivity contribution in [2.75, 3.05) is 18.1 Å². The molecule has 2 aliphatic carbocycles. The maximum absolute atomic E-state index is 12.1. The first kappa shape index (κ1) is 15.0. The molecule has 0 bridgehead atoms. The molecule has 0 aliphatic heterocycles. The van der Waals surface area contributed by atoms with Crippen LogP contribution in [-0.4, -0.2) is 35.0 Å². The second-order valence-electron chi connectivity index (χ2n) is 5.35. The Labute approximate surface area is 121 Å². The van der Waals surface area contributed by atoms with Gasteiger partial charge in [-0.3, -0.25) is 9.59 Å². The second kappa shape index (κ2) is 6.88. The van der Waals surface area contributed by atoms with E-state index in [2.05, 4.69) is 5.32 Å². The van der Waals surface area contributed by atoms with Crippen molar-refractivity contribution in [3.05, 3.63) is 0 Å². The van der Waals surface area contributed by atoms with E-state index < -0.39 is 5.97 Å². The van der Waals surface area contributed by atoms with Crippen LogP contribution in [0.3, 0.4) is 0 Å².